The first-order chi connectivity index (χ1) is 6.20. The molecule has 0 unspecified atom stereocenters. The van der Waals surface area contributed by atoms with E-state index in [0.717, 1.165) is 13.0 Å². The van der Waals surface area contributed by atoms with Crippen LogP contribution in [0.15, 0.2) is 17.5 Å². The number of esters is 1. The molecule has 0 fully saturated rings. The lowest BCUT2D eigenvalue weighted by molar-refractivity contribution is -0.137. The number of rotatable bonds is 2. The highest BCUT2D eigenvalue weighted by Gasteiger charge is 1.87. The number of hydrogen-bond donors (Lipinski definition) is 1. The number of nitrogens with two attached hydrogens (primary N) is 1. The number of halogens is 1. The molecule has 2 N–H and O–H groups in total. The first kappa shape index (κ1) is 15.9. The van der Waals surface area contributed by atoms with Crippen molar-refractivity contribution in [2.75, 3.05) is 13.7 Å². The second kappa shape index (κ2) is 10.5. The highest BCUT2D eigenvalue weighted by molar-refractivity contribution is 7.09. The van der Waals surface area contributed by atoms with Gasteiger partial charge in [0.1, 0.15) is 0 Å². The second-order valence-corrected chi connectivity index (χ2v) is 3.35. The fraction of sp³-hybridized carbons (Fsp3) is 0.444. The maximum absolute atomic E-state index is 9.59. The lowest BCUT2D eigenvalue weighted by Gasteiger charge is -1.86. The van der Waals surface area contributed by atoms with Crippen LogP contribution in [0.4, 0.5) is 0 Å². The Bertz CT molecular complexity index is 227. The van der Waals surface area contributed by atoms with E-state index in [-0.39, 0.29) is 18.4 Å². The van der Waals surface area contributed by atoms with E-state index in [1.807, 2.05) is 0 Å². The van der Waals surface area contributed by atoms with Gasteiger partial charge in [0, 0.05) is 11.8 Å². The smallest absolute Gasteiger partial charge is 0.302 e. The van der Waals surface area contributed by atoms with Crippen LogP contribution in [0.25, 0.3) is 0 Å². The number of carbonyl (C=O) groups excluding carboxylic acids is 1. The number of ether oxygens (including phenoxy) is 1. The Kier molecular flexibility index (Phi) is 11.9. The first-order valence-electron chi connectivity index (χ1n) is 3.97. The van der Waals surface area contributed by atoms with Gasteiger partial charge in [-0.1, -0.05) is 6.07 Å². The van der Waals surface area contributed by atoms with E-state index < -0.39 is 0 Å². The van der Waals surface area contributed by atoms with Gasteiger partial charge in [-0.25, -0.2) is 0 Å². The van der Waals surface area contributed by atoms with E-state index in [1.165, 1.54) is 18.9 Å². The molecule has 0 bridgehead atoms. The number of hydrogen-bond acceptors (Lipinski definition) is 4. The molecule has 5 heteroatoms. The highest BCUT2D eigenvalue weighted by Crippen LogP contribution is 2.07. The topological polar surface area (TPSA) is 52.3 Å². The van der Waals surface area contributed by atoms with Gasteiger partial charge in [-0.05, 0) is 24.4 Å². The molecule has 1 rings (SSSR count). The summed E-state index contributed by atoms with van der Waals surface area (Å²) in [6.07, 6.45) is 1.03. The van der Waals surface area contributed by atoms with Crippen molar-refractivity contribution >= 4 is 29.7 Å². The van der Waals surface area contributed by atoms with Gasteiger partial charge >= 0.3 is 5.97 Å². The minimum Gasteiger partial charge on any atom is -0.469 e. The van der Waals surface area contributed by atoms with Crippen LogP contribution in [0.5, 0.6) is 0 Å². The molecule has 1 aromatic rings. The first-order valence-corrected chi connectivity index (χ1v) is 4.85. The largest absolute Gasteiger partial charge is 0.469 e. The van der Waals surface area contributed by atoms with E-state index in [2.05, 4.69) is 22.2 Å². The fourth-order valence-electron chi connectivity index (χ4n) is 0.597. The summed E-state index contributed by atoms with van der Waals surface area (Å²) < 4.78 is 4.11. The molecule has 3 nitrogen and oxygen atoms in total. The van der Waals surface area contributed by atoms with Crippen LogP contribution in [-0.4, -0.2) is 19.6 Å². The molecule has 0 radical (unpaired) electrons. The van der Waals surface area contributed by atoms with Gasteiger partial charge in [-0.15, -0.1) is 23.7 Å². The predicted octanol–water partition coefficient (Wildman–Crippen LogP) is 1.85. The molecule has 1 aromatic heterocycles. The molecule has 1 heterocycles. The zero-order valence-corrected chi connectivity index (χ0v) is 9.99. The van der Waals surface area contributed by atoms with Crippen LogP contribution in [0.2, 0.25) is 0 Å². The summed E-state index contributed by atoms with van der Waals surface area (Å²) >= 11 is 1.77. The molecule has 0 aliphatic carbocycles. The van der Waals surface area contributed by atoms with Gasteiger partial charge in [-0.2, -0.15) is 0 Å². The van der Waals surface area contributed by atoms with E-state index in [9.17, 15) is 4.79 Å². The lowest BCUT2D eigenvalue weighted by Crippen LogP contribution is -2.00. The maximum Gasteiger partial charge on any atom is 0.302 e. The van der Waals surface area contributed by atoms with Crippen molar-refractivity contribution in [3.05, 3.63) is 22.4 Å². The van der Waals surface area contributed by atoms with E-state index in [0.29, 0.717) is 0 Å². The highest BCUT2D eigenvalue weighted by atomic mass is 35.5. The van der Waals surface area contributed by atoms with E-state index >= 15 is 0 Å². The monoisotopic (exact) mass is 237 g/mol. The summed E-state index contributed by atoms with van der Waals surface area (Å²) in [6, 6.07) is 4.16. The Balaban J connectivity index is 0. The summed E-state index contributed by atoms with van der Waals surface area (Å²) in [5, 5.41) is 2.07. The molecule has 0 amide bonds. The van der Waals surface area contributed by atoms with Gasteiger partial charge in [0.2, 0.25) is 0 Å². The minimum atomic E-state index is -0.245. The van der Waals surface area contributed by atoms with Gasteiger partial charge < -0.3 is 10.5 Å². The number of methoxy groups -OCH3 is 1. The van der Waals surface area contributed by atoms with Crippen LogP contribution in [0.3, 0.4) is 0 Å². The van der Waals surface area contributed by atoms with E-state index in [4.69, 9.17) is 5.73 Å². The Hall–Kier alpha value is -0.580. The molecule has 0 aliphatic rings. The van der Waals surface area contributed by atoms with Crippen molar-refractivity contribution in [3.8, 4) is 0 Å². The molecular formula is C9H16ClNO2S. The Morgan fingerprint density at radius 2 is 2.21 bits per heavy atom. The molecular weight excluding hydrogens is 222 g/mol. The average Bonchev–Trinajstić information content (AvgIpc) is 2.59. The summed E-state index contributed by atoms with van der Waals surface area (Å²) in [4.78, 5) is 11.0. The predicted molar refractivity (Wildman–Crippen MR) is 62.0 cm³/mol. The number of carbonyl (C=O) groups is 1. The molecule has 0 atom stereocenters. The third-order valence-corrected chi connectivity index (χ3v) is 2.19. The van der Waals surface area contributed by atoms with Crippen LogP contribution < -0.4 is 5.73 Å². The molecule has 82 valence electrons. The average molecular weight is 238 g/mol. The molecule has 0 saturated carbocycles. The van der Waals surface area contributed by atoms with Gasteiger partial charge in [0.05, 0.1) is 7.11 Å². The van der Waals surface area contributed by atoms with Crippen molar-refractivity contribution < 1.29 is 9.53 Å². The lowest BCUT2D eigenvalue weighted by atomic mass is 10.3. The second-order valence-electron chi connectivity index (χ2n) is 2.31. The molecule has 14 heavy (non-hydrogen) atoms. The van der Waals surface area contributed by atoms with E-state index in [1.54, 1.807) is 11.3 Å². The standard InChI is InChI=1S/C6H9NS.C3H6O2.ClH/c7-4-3-6-2-1-5-8-6;1-3(4)5-2;/h1-2,5H,3-4,7H2;1-2H3;1H. The quantitative estimate of drug-likeness (QED) is 0.799. The Labute approximate surface area is 94.7 Å². The summed E-state index contributed by atoms with van der Waals surface area (Å²) in [7, 11) is 1.35. The fourth-order valence-corrected chi connectivity index (χ4v) is 1.32. The van der Waals surface area contributed by atoms with Crippen LogP contribution >= 0.6 is 23.7 Å². The minimum absolute atomic E-state index is 0. The molecule has 0 aromatic carbocycles. The summed E-state index contributed by atoms with van der Waals surface area (Å²) in [5.41, 5.74) is 5.33. The van der Waals surface area contributed by atoms with Crippen molar-refractivity contribution in [2.24, 2.45) is 5.73 Å². The van der Waals surface area contributed by atoms with Crippen LogP contribution in [0, 0.1) is 0 Å². The van der Waals surface area contributed by atoms with Crippen molar-refractivity contribution in [1.29, 1.82) is 0 Å². The molecule has 0 spiro atoms. The molecule has 0 saturated heterocycles. The van der Waals surface area contributed by atoms with Crippen LogP contribution in [0.1, 0.15) is 11.8 Å². The van der Waals surface area contributed by atoms with Crippen LogP contribution in [-0.2, 0) is 16.0 Å². The van der Waals surface area contributed by atoms with Gasteiger partial charge in [0.25, 0.3) is 0 Å². The van der Waals surface area contributed by atoms with Gasteiger partial charge in [-0.3, -0.25) is 4.79 Å². The Morgan fingerprint density at radius 1 is 1.64 bits per heavy atom. The number of thiophene rings is 1. The molecule has 0 aliphatic heterocycles. The Morgan fingerprint density at radius 3 is 2.50 bits per heavy atom. The zero-order chi connectivity index (χ0) is 10.1. The third kappa shape index (κ3) is 9.51. The summed E-state index contributed by atoms with van der Waals surface area (Å²) in [5.74, 6) is -0.245. The van der Waals surface area contributed by atoms with Crippen molar-refractivity contribution in [2.45, 2.75) is 13.3 Å². The van der Waals surface area contributed by atoms with Crippen molar-refractivity contribution in [3.63, 3.8) is 0 Å². The SMILES string of the molecule is COC(C)=O.Cl.NCCc1cccs1. The van der Waals surface area contributed by atoms with Gasteiger partial charge in [0.15, 0.2) is 0 Å². The summed E-state index contributed by atoms with van der Waals surface area (Å²) in [6.45, 7) is 2.13. The van der Waals surface area contributed by atoms with Crippen molar-refractivity contribution in [1.82, 2.24) is 0 Å². The normalized spacial score (nSPS) is 7.93. The zero-order valence-electron chi connectivity index (χ0n) is 8.36. The third-order valence-electron chi connectivity index (χ3n) is 1.26. The maximum atomic E-state index is 9.59.